The first-order valence-electron chi connectivity index (χ1n) is 13.0. The van der Waals surface area contributed by atoms with Crippen LogP contribution in [-0.4, -0.2) is 79.9 Å². The molecule has 1 spiro atoms. The summed E-state index contributed by atoms with van der Waals surface area (Å²) in [6, 6.07) is 0.0265. The van der Waals surface area contributed by atoms with Crippen molar-refractivity contribution in [2.45, 2.75) is 70.9 Å². The zero-order chi connectivity index (χ0) is 23.7. The van der Waals surface area contributed by atoms with Gasteiger partial charge in [0, 0.05) is 50.9 Å². The van der Waals surface area contributed by atoms with Gasteiger partial charge in [0.1, 0.15) is 0 Å². The van der Waals surface area contributed by atoms with Crippen LogP contribution in [0.1, 0.15) is 81.7 Å². The Morgan fingerprint density at radius 2 is 1.91 bits per heavy atom. The molecule has 1 unspecified atom stereocenters. The molecule has 0 radical (unpaired) electrons. The van der Waals surface area contributed by atoms with Gasteiger partial charge in [-0.25, -0.2) is 0 Å². The van der Waals surface area contributed by atoms with Gasteiger partial charge in [0.05, 0.1) is 18.8 Å². The van der Waals surface area contributed by atoms with E-state index in [1.165, 1.54) is 12.0 Å². The number of piperidine rings is 2. The van der Waals surface area contributed by atoms with Crippen molar-refractivity contribution in [1.29, 1.82) is 0 Å². The maximum absolute atomic E-state index is 13.2. The van der Waals surface area contributed by atoms with E-state index in [1.54, 1.807) is 0 Å². The number of aryl methyl sites for hydroxylation is 1. The van der Waals surface area contributed by atoms with Crippen LogP contribution in [0.2, 0.25) is 0 Å². The van der Waals surface area contributed by atoms with Crippen LogP contribution in [0.5, 0.6) is 0 Å². The molecular weight excluding hydrogens is 430 g/mol. The lowest BCUT2D eigenvalue weighted by atomic mass is 9.76. The summed E-state index contributed by atoms with van der Waals surface area (Å²) in [6.45, 7) is 10.4. The number of rotatable bonds is 6. The van der Waals surface area contributed by atoms with Crippen LogP contribution in [-0.2, 0) is 18.4 Å². The highest BCUT2D eigenvalue weighted by Crippen LogP contribution is 2.49. The third-order valence-electron chi connectivity index (χ3n) is 7.97. The van der Waals surface area contributed by atoms with Crippen molar-refractivity contribution in [3.05, 3.63) is 29.7 Å². The van der Waals surface area contributed by atoms with Gasteiger partial charge in [0.2, 0.25) is 17.7 Å². The summed E-state index contributed by atoms with van der Waals surface area (Å²) in [5.41, 5.74) is 1.47. The quantitative estimate of drug-likeness (QED) is 0.643. The van der Waals surface area contributed by atoms with Crippen molar-refractivity contribution in [3.63, 3.8) is 0 Å². The van der Waals surface area contributed by atoms with Crippen molar-refractivity contribution >= 4 is 5.91 Å². The van der Waals surface area contributed by atoms with Crippen molar-refractivity contribution in [2.75, 3.05) is 39.3 Å². The SMILES string of the molecule is CC(C)c1nnc(C2CC3(CCN(Cc4cnn(C)c4)CC3)CN2CC(=O)N2CCCCC2)o1. The van der Waals surface area contributed by atoms with E-state index < -0.39 is 0 Å². The number of likely N-dealkylation sites (tertiary alicyclic amines) is 3. The van der Waals surface area contributed by atoms with Gasteiger partial charge in [-0.15, -0.1) is 10.2 Å². The van der Waals surface area contributed by atoms with E-state index >= 15 is 0 Å². The van der Waals surface area contributed by atoms with E-state index in [4.69, 9.17) is 4.42 Å². The van der Waals surface area contributed by atoms with E-state index in [-0.39, 0.29) is 23.3 Å². The molecule has 1 amide bonds. The molecule has 0 aromatic carbocycles. The molecule has 3 fully saturated rings. The minimum Gasteiger partial charge on any atom is -0.423 e. The third kappa shape index (κ3) is 5.05. The summed E-state index contributed by atoms with van der Waals surface area (Å²) in [4.78, 5) is 20.1. The Morgan fingerprint density at radius 3 is 2.56 bits per heavy atom. The molecule has 9 heteroatoms. The number of hydrogen-bond acceptors (Lipinski definition) is 7. The first-order chi connectivity index (χ1) is 16.4. The first kappa shape index (κ1) is 23.5. The molecule has 9 nitrogen and oxygen atoms in total. The van der Waals surface area contributed by atoms with Gasteiger partial charge in [-0.1, -0.05) is 13.8 Å². The van der Waals surface area contributed by atoms with Crippen LogP contribution in [0.3, 0.4) is 0 Å². The van der Waals surface area contributed by atoms with Gasteiger partial charge in [-0.05, 0) is 57.0 Å². The topological polar surface area (TPSA) is 83.5 Å². The second kappa shape index (κ2) is 9.77. The Hall–Kier alpha value is -2.26. The fraction of sp³-hybridized carbons (Fsp3) is 0.760. The molecule has 0 N–H and O–H groups in total. The fourth-order valence-corrected chi connectivity index (χ4v) is 5.95. The minimum atomic E-state index is 0.0265. The predicted molar refractivity (Wildman–Crippen MR) is 128 cm³/mol. The van der Waals surface area contributed by atoms with Crippen LogP contribution in [0.15, 0.2) is 16.8 Å². The molecular formula is C25H39N7O2. The molecule has 3 saturated heterocycles. The molecule has 34 heavy (non-hydrogen) atoms. The monoisotopic (exact) mass is 469 g/mol. The summed E-state index contributed by atoms with van der Waals surface area (Å²) in [6.07, 6.45) is 10.8. The molecule has 186 valence electrons. The molecule has 2 aromatic heterocycles. The summed E-state index contributed by atoms with van der Waals surface area (Å²) < 4.78 is 7.98. The first-order valence-corrected chi connectivity index (χ1v) is 13.0. The molecule has 1 atom stereocenters. The number of carbonyl (C=O) groups is 1. The van der Waals surface area contributed by atoms with Crippen LogP contribution in [0.25, 0.3) is 0 Å². The Kier molecular flexibility index (Phi) is 6.75. The molecule has 3 aliphatic heterocycles. The van der Waals surface area contributed by atoms with Crippen LogP contribution < -0.4 is 0 Å². The summed E-state index contributed by atoms with van der Waals surface area (Å²) in [5.74, 6) is 1.82. The molecule has 3 aliphatic rings. The number of amides is 1. The molecule has 2 aromatic rings. The van der Waals surface area contributed by atoms with Crippen LogP contribution >= 0.6 is 0 Å². The molecule has 5 rings (SSSR count). The highest BCUT2D eigenvalue weighted by molar-refractivity contribution is 5.78. The van der Waals surface area contributed by atoms with Crippen LogP contribution in [0, 0.1) is 5.41 Å². The maximum Gasteiger partial charge on any atom is 0.236 e. The zero-order valence-corrected chi connectivity index (χ0v) is 20.9. The molecule has 5 heterocycles. The summed E-state index contributed by atoms with van der Waals surface area (Å²) in [5, 5.41) is 13.1. The van der Waals surface area contributed by atoms with Crippen molar-refractivity contribution in [2.24, 2.45) is 12.5 Å². The molecule has 0 aliphatic carbocycles. The third-order valence-corrected chi connectivity index (χ3v) is 7.97. The largest absolute Gasteiger partial charge is 0.423 e. The van der Waals surface area contributed by atoms with E-state index in [1.807, 2.05) is 17.9 Å². The highest BCUT2D eigenvalue weighted by Gasteiger charge is 2.48. The van der Waals surface area contributed by atoms with Crippen molar-refractivity contribution < 1.29 is 9.21 Å². The van der Waals surface area contributed by atoms with E-state index in [0.29, 0.717) is 18.3 Å². The summed E-state index contributed by atoms with van der Waals surface area (Å²) >= 11 is 0. The van der Waals surface area contributed by atoms with E-state index in [9.17, 15) is 4.79 Å². The van der Waals surface area contributed by atoms with Gasteiger partial charge in [-0.3, -0.25) is 19.3 Å². The standard InChI is InChI=1S/C25H39N7O2/c1-19(2)23-27-28-24(34-23)21-13-25(18-32(21)17-22(33)31-9-5-4-6-10-31)7-11-30(12-8-25)16-20-14-26-29(3)15-20/h14-15,19,21H,4-13,16-18H2,1-3H3. The molecule has 0 saturated carbocycles. The Bertz CT molecular complexity index is 970. The van der Waals surface area contributed by atoms with E-state index in [0.717, 1.165) is 71.4 Å². The van der Waals surface area contributed by atoms with Crippen molar-refractivity contribution in [1.82, 2.24) is 34.7 Å². The minimum absolute atomic E-state index is 0.0265. The maximum atomic E-state index is 13.2. The lowest BCUT2D eigenvalue weighted by Gasteiger charge is -2.39. The smallest absolute Gasteiger partial charge is 0.236 e. The lowest BCUT2D eigenvalue weighted by Crippen LogP contribution is -2.44. The Labute approximate surface area is 202 Å². The second-order valence-corrected chi connectivity index (χ2v) is 11.0. The van der Waals surface area contributed by atoms with Gasteiger partial charge in [-0.2, -0.15) is 5.10 Å². The Balaban J connectivity index is 1.28. The average molecular weight is 470 g/mol. The number of nitrogens with zero attached hydrogens (tertiary/aromatic N) is 7. The summed E-state index contributed by atoms with van der Waals surface area (Å²) in [7, 11) is 1.97. The van der Waals surface area contributed by atoms with Gasteiger partial charge in [0.25, 0.3) is 0 Å². The number of carbonyl (C=O) groups excluding carboxylic acids is 1. The number of hydrogen-bond donors (Lipinski definition) is 0. The zero-order valence-electron chi connectivity index (χ0n) is 20.9. The van der Waals surface area contributed by atoms with Gasteiger partial charge >= 0.3 is 0 Å². The van der Waals surface area contributed by atoms with Crippen LogP contribution in [0.4, 0.5) is 0 Å². The van der Waals surface area contributed by atoms with E-state index in [2.05, 4.69) is 50.0 Å². The van der Waals surface area contributed by atoms with Gasteiger partial charge < -0.3 is 9.32 Å². The fourth-order valence-electron chi connectivity index (χ4n) is 5.95. The van der Waals surface area contributed by atoms with Gasteiger partial charge in [0.15, 0.2) is 0 Å². The normalized spacial score (nSPS) is 23.9. The van der Waals surface area contributed by atoms with Crippen molar-refractivity contribution in [3.8, 4) is 0 Å². The second-order valence-electron chi connectivity index (χ2n) is 11.0. The molecule has 0 bridgehead atoms. The average Bonchev–Trinajstić information content (AvgIpc) is 3.56. The Morgan fingerprint density at radius 1 is 1.15 bits per heavy atom. The predicted octanol–water partition coefficient (Wildman–Crippen LogP) is 2.97. The number of aromatic nitrogens is 4. The lowest BCUT2D eigenvalue weighted by molar-refractivity contribution is -0.133. The highest BCUT2D eigenvalue weighted by atomic mass is 16.4.